The third kappa shape index (κ3) is 3.85. The number of rotatable bonds is 5. The Hall–Kier alpha value is -0.930. The highest BCUT2D eigenvalue weighted by molar-refractivity contribution is 5.15. The highest BCUT2D eigenvalue weighted by Gasteiger charge is 1.99. The van der Waals surface area contributed by atoms with Gasteiger partial charge in [0.05, 0.1) is 0 Å². The minimum Gasteiger partial charge on any atom is -0.318 e. The van der Waals surface area contributed by atoms with Crippen LogP contribution in [-0.2, 0) is 6.54 Å². The van der Waals surface area contributed by atoms with Gasteiger partial charge >= 0.3 is 0 Å². The average molecular weight is 196 g/mol. The van der Waals surface area contributed by atoms with Crippen LogP contribution in [0.2, 0.25) is 0 Å². The first kappa shape index (κ1) is 11.1. The number of nitrogens with one attached hydrogen (secondary N) is 2. The van der Waals surface area contributed by atoms with Gasteiger partial charge in [0.2, 0.25) is 0 Å². The molecule has 1 aromatic rings. The smallest absolute Gasteiger partial charge is 0.123 e. The number of hydrogen-bond donors (Lipinski definition) is 2. The molecule has 2 N–H and O–H groups in total. The van der Waals surface area contributed by atoms with Crippen LogP contribution in [0, 0.1) is 5.82 Å². The zero-order valence-electron chi connectivity index (χ0n) is 8.68. The molecule has 14 heavy (non-hydrogen) atoms. The van der Waals surface area contributed by atoms with E-state index in [-0.39, 0.29) is 5.82 Å². The Bertz CT molecular complexity index is 258. The van der Waals surface area contributed by atoms with Crippen molar-refractivity contribution in [3.63, 3.8) is 0 Å². The van der Waals surface area contributed by atoms with E-state index in [0.29, 0.717) is 6.04 Å². The average Bonchev–Trinajstić information content (AvgIpc) is 2.17. The van der Waals surface area contributed by atoms with Gasteiger partial charge in [0.1, 0.15) is 5.82 Å². The molecule has 0 bridgehead atoms. The first-order valence-corrected chi connectivity index (χ1v) is 4.85. The molecule has 0 fully saturated rings. The fraction of sp³-hybridized carbons (Fsp3) is 0.455. The lowest BCUT2D eigenvalue weighted by Crippen LogP contribution is -2.34. The van der Waals surface area contributed by atoms with E-state index in [0.717, 1.165) is 18.7 Å². The van der Waals surface area contributed by atoms with Gasteiger partial charge in [-0.1, -0.05) is 12.1 Å². The summed E-state index contributed by atoms with van der Waals surface area (Å²) in [6.45, 7) is 3.82. The van der Waals surface area contributed by atoms with E-state index in [2.05, 4.69) is 17.6 Å². The maximum Gasteiger partial charge on any atom is 0.123 e. The van der Waals surface area contributed by atoms with Crippen molar-refractivity contribution in [1.82, 2.24) is 10.6 Å². The van der Waals surface area contributed by atoms with Crippen molar-refractivity contribution >= 4 is 0 Å². The molecule has 0 saturated carbocycles. The summed E-state index contributed by atoms with van der Waals surface area (Å²) < 4.78 is 12.6. The second-order valence-electron chi connectivity index (χ2n) is 3.47. The number of halogens is 1. The summed E-state index contributed by atoms with van der Waals surface area (Å²) in [6.07, 6.45) is 0. The first-order chi connectivity index (χ1) is 6.72. The van der Waals surface area contributed by atoms with E-state index in [1.54, 1.807) is 12.1 Å². The molecule has 0 aliphatic carbocycles. The summed E-state index contributed by atoms with van der Waals surface area (Å²) in [5.74, 6) is -0.183. The van der Waals surface area contributed by atoms with Gasteiger partial charge in [0.25, 0.3) is 0 Å². The third-order valence-corrected chi connectivity index (χ3v) is 2.08. The molecule has 1 atom stereocenters. The van der Waals surface area contributed by atoms with Gasteiger partial charge in [-0.25, -0.2) is 4.39 Å². The predicted octanol–water partition coefficient (Wildman–Crippen LogP) is 1.52. The minimum absolute atomic E-state index is 0.183. The topological polar surface area (TPSA) is 24.1 Å². The quantitative estimate of drug-likeness (QED) is 0.746. The van der Waals surface area contributed by atoms with Crippen molar-refractivity contribution in [1.29, 1.82) is 0 Å². The maximum atomic E-state index is 12.6. The Morgan fingerprint density at radius 2 is 1.93 bits per heavy atom. The van der Waals surface area contributed by atoms with Crippen LogP contribution in [0.1, 0.15) is 12.5 Å². The van der Waals surface area contributed by atoms with Gasteiger partial charge in [0, 0.05) is 19.1 Å². The van der Waals surface area contributed by atoms with Crippen LogP contribution in [0.3, 0.4) is 0 Å². The molecule has 78 valence electrons. The van der Waals surface area contributed by atoms with E-state index in [1.807, 2.05) is 7.05 Å². The zero-order valence-corrected chi connectivity index (χ0v) is 8.68. The lowest BCUT2D eigenvalue weighted by molar-refractivity contribution is 0.522. The Labute approximate surface area is 84.5 Å². The van der Waals surface area contributed by atoms with Crippen LogP contribution in [0.25, 0.3) is 0 Å². The van der Waals surface area contributed by atoms with Crippen molar-refractivity contribution in [3.05, 3.63) is 35.6 Å². The van der Waals surface area contributed by atoms with Crippen LogP contribution in [-0.4, -0.2) is 19.6 Å². The maximum absolute atomic E-state index is 12.6. The normalized spacial score (nSPS) is 12.8. The highest BCUT2D eigenvalue weighted by atomic mass is 19.1. The summed E-state index contributed by atoms with van der Waals surface area (Å²) in [5.41, 5.74) is 1.11. The van der Waals surface area contributed by atoms with Crippen LogP contribution in [0.15, 0.2) is 24.3 Å². The summed E-state index contributed by atoms with van der Waals surface area (Å²) in [5, 5.41) is 6.42. The predicted molar refractivity (Wildman–Crippen MR) is 56.6 cm³/mol. The minimum atomic E-state index is -0.183. The second-order valence-corrected chi connectivity index (χ2v) is 3.47. The Kier molecular flexibility index (Phi) is 4.56. The number of hydrogen-bond acceptors (Lipinski definition) is 2. The van der Waals surface area contributed by atoms with Crippen molar-refractivity contribution in [3.8, 4) is 0 Å². The van der Waals surface area contributed by atoms with E-state index >= 15 is 0 Å². The van der Waals surface area contributed by atoms with Crippen LogP contribution < -0.4 is 10.6 Å². The fourth-order valence-electron chi connectivity index (χ4n) is 1.27. The van der Waals surface area contributed by atoms with E-state index in [1.165, 1.54) is 12.1 Å². The summed E-state index contributed by atoms with van der Waals surface area (Å²) in [6, 6.07) is 6.99. The Balaban J connectivity index is 2.34. The summed E-state index contributed by atoms with van der Waals surface area (Å²) in [4.78, 5) is 0. The molecule has 0 amide bonds. The third-order valence-electron chi connectivity index (χ3n) is 2.08. The Morgan fingerprint density at radius 1 is 1.29 bits per heavy atom. The molecule has 0 spiro atoms. The van der Waals surface area contributed by atoms with Crippen LogP contribution in [0.4, 0.5) is 4.39 Å². The molecule has 0 aliphatic heterocycles. The van der Waals surface area contributed by atoms with Crippen molar-refractivity contribution in [2.24, 2.45) is 0 Å². The number of likely N-dealkylation sites (N-methyl/N-ethyl adjacent to an activating group) is 1. The lowest BCUT2D eigenvalue weighted by atomic mass is 10.2. The molecule has 2 nitrogen and oxygen atoms in total. The molecule has 0 radical (unpaired) electrons. The molecule has 0 saturated heterocycles. The monoisotopic (exact) mass is 196 g/mol. The molecule has 0 heterocycles. The molecule has 1 aromatic carbocycles. The van der Waals surface area contributed by atoms with Gasteiger partial charge in [-0.15, -0.1) is 0 Å². The van der Waals surface area contributed by atoms with Crippen LogP contribution >= 0.6 is 0 Å². The fourth-order valence-corrected chi connectivity index (χ4v) is 1.27. The van der Waals surface area contributed by atoms with Crippen molar-refractivity contribution in [2.75, 3.05) is 13.6 Å². The van der Waals surface area contributed by atoms with E-state index in [9.17, 15) is 4.39 Å². The second kappa shape index (κ2) is 5.73. The van der Waals surface area contributed by atoms with Gasteiger partial charge < -0.3 is 10.6 Å². The van der Waals surface area contributed by atoms with Gasteiger partial charge in [-0.05, 0) is 31.7 Å². The van der Waals surface area contributed by atoms with Crippen molar-refractivity contribution < 1.29 is 4.39 Å². The largest absolute Gasteiger partial charge is 0.318 e. The SMILES string of the molecule is CNCC(C)NCc1ccc(F)cc1. The Morgan fingerprint density at radius 3 is 2.50 bits per heavy atom. The number of benzene rings is 1. The standard InChI is InChI=1S/C11H17FN2/c1-9(7-13-2)14-8-10-3-5-11(12)6-4-10/h3-6,9,13-14H,7-8H2,1-2H3. The van der Waals surface area contributed by atoms with E-state index in [4.69, 9.17) is 0 Å². The molecule has 0 aliphatic rings. The van der Waals surface area contributed by atoms with Crippen LogP contribution in [0.5, 0.6) is 0 Å². The zero-order chi connectivity index (χ0) is 10.4. The molecular weight excluding hydrogens is 179 g/mol. The van der Waals surface area contributed by atoms with Gasteiger partial charge in [-0.2, -0.15) is 0 Å². The lowest BCUT2D eigenvalue weighted by Gasteiger charge is -2.12. The highest BCUT2D eigenvalue weighted by Crippen LogP contribution is 2.02. The van der Waals surface area contributed by atoms with Gasteiger partial charge in [0.15, 0.2) is 0 Å². The summed E-state index contributed by atoms with van der Waals surface area (Å²) in [7, 11) is 1.93. The summed E-state index contributed by atoms with van der Waals surface area (Å²) >= 11 is 0. The molecule has 3 heteroatoms. The first-order valence-electron chi connectivity index (χ1n) is 4.85. The molecular formula is C11H17FN2. The molecule has 1 rings (SSSR count). The van der Waals surface area contributed by atoms with Crippen molar-refractivity contribution in [2.45, 2.75) is 19.5 Å². The molecule has 1 unspecified atom stereocenters. The van der Waals surface area contributed by atoms with E-state index < -0.39 is 0 Å². The molecule has 0 aromatic heterocycles. The van der Waals surface area contributed by atoms with Gasteiger partial charge in [-0.3, -0.25) is 0 Å².